The second-order valence-corrected chi connectivity index (χ2v) is 7.66. The fourth-order valence-corrected chi connectivity index (χ4v) is 3.93. The number of aryl methyl sites for hydroxylation is 1. The molecule has 1 aromatic rings. The monoisotopic (exact) mass is 389 g/mol. The highest BCUT2D eigenvalue weighted by Crippen LogP contribution is 2.20. The van der Waals surface area contributed by atoms with Crippen molar-refractivity contribution in [3.63, 3.8) is 0 Å². The average molecular weight is 390 g/mol. The number of benzene rings is 1. The molecule has 1 aromatic carbocycles. The molecule has 4 N–H and O–H groups in total. The molecule has 0 bridgehead atoms. The molecule has 0 spiro atoms. The molecule has 1 saturated heterocycles. The summed E-state index contributed by atoms with van der Waals surface area (Å²) in [7, 11) is 0. The Morgan fingerprint density at radius 1 is 1.25 bits per heavy atom. The third kappa shape index (κ3) is 6.60. The van der Waals surface area contributed by atoms with Crippen LogP contribution in [-0.4, -0.2) is 53.1 Å². The molecule has 0 aromatic heterocycles. The van der Waals surface area contributed by atoms with E-state index in [0.717, 1.165) is 38.5 Å². The van der Waals surface area contributed by atoms with Gasteiger partial charge in [0.1, 0.15) is 6.04 Å². The fourth-order valence-electron chi connectivity index (χ4n) is 3.93. The minimum atomic E-state index is -0.900. The van der Waals surface area contributed by atoms with Gasteiger partial charge in [-0.25, -0.2) is 4.79 Å². The van der Waals surface area contributed by atoms with Gasteiger partial charge >= 0.3 is 5.97 Å². The summed E-state index contributed by atoms with van der Waals surface area (Å²) in [5.41, 5.74) is 6.91. The number of nitrogens with two attached hydrogens (primary N) is 1. The first-order valence-corrected chi connectivity index (χ1v) is 10.6. The molecule has 3 unspecified atom stereocenters. The Bertz CT molecular complexity index is 608. The molecule has 6 nitrogen and oxygen atoms in total. The number of hydrogen-bond acceptors (Lipinski definition) is 4. The number of hydrogen-bond donors (Lipinski definition) is 3. The van der Waals surface area contributed by atoms with Crippen LogP contribution in [0.1, 0.15) is 57.4 Å². The van der Waals surface area contributed by atoms with Crippen molar-refractivity contribution in [2.24, 2.45) is 5.73 Å². The van der Waals surface area contributed by atoms with Crippen LogP contribution < -0.4 is 11.1 Å². The van der Waals surface area contributed by atoms with Crippen LogP contribution in [0, 0.1) is 0 Å². The Kier molecular flexibility index (Phi) is 9.44. The number of unbranched alkanes of at least 4 members (excludes halogenated alkanes) is 1. The molecular weight excluding hydrogens is 354 g/mol. The maximum Gasteiger partial charge on any atom is 0.326 e. The van der Waals surface area contributed by atoms with E-state index < -0.39 is 12.0 Å². The molecule has 0 aliphatic carbocycles. The van der Waals surface area contributed by atoms with Gasteiger partial charge in [-0.1, -0.05) is 43.7 Å². The smallest absolute Gasteiger partial charge is 0.326 e. The minimum absolute atomic E-state index is 0.0694. The van der Waals surface area contributed by atoms with Gasteiger partial charge in [0.25, 0.3) is 0 Å². The number of likely N-dealkylation sites (tertiary alicyclic amines) is 1. The Morgan fingerprint density at radius 3 is 2.64 bits per heavy atom. The van der Waals surface area contributed by atoms with E-state index in [1.165, 1.54) is 5.56 Å². The number of aliphatic carboxylic acids is 1. The lowest BCUT2D eigenvalue weighted by molar-refractivity contribution is -0.149. The van der Waals surface area contributed by atoms with E-state index in [0.29, 0.717) is 25.9 Å². The van der Waals surface area contributed by atoms with E-state index >= 15 is 0 Å². The normalized spacial score (nSPS) is 18.8. The minimum Gasteiger partial charge on any atom is -0.480 e. The topological polar surface area (TPSA) is 95.7 Å². The first-order valence-electron chi connectivity index (χ1n) is 10.6. The third-order valence-electron chi connectivity index (χ3n) is 5.62. The molecule has 1 fully saturated rings. The molecule has 1 aliphatic rings. The number of amides is 1. The van der Waals surface area contributed by atoms with Crippen LogP contribution in [0.4, 0.5) is 0 Å². The van der Waals surface area contributed by atoms with Crippen LogP contribution in [0.15, 0.2) is 30.3 Å². The average Bonchev–Trinajstić information content (AvgIpc) is 3.20. The van der Waals surface area contributed by atoms with Crippen molar-refractivity contribution >= 4 is 11.9 Å². The van der Waals surface area contributed by atoms with Crippen LogP contribution >= 0.6 is 0 Å². The third-order valence-corrected chi connectivity index (χ3v) is 5.62. The number of carbonyl (C=O) groups is 2. The second-order valence-electron chi connectivity index (χ2n) is 7.66. The maximum atomic E-state index is 13.1. The van der Waals surface area contributed by atoms with Crippen molar-refractivity contribution < 1.29 is 14.7 Å². The quantitative estimate of drug-likeness (QED) is 0.478. The molecule has 6 heteroatoms. The molecule has 28 heavy (non-hydrogen) atoms. The SMILES string of the molecule is CCC(CCc1ccccc1)NC(CCCCN)C(=O)N1CCCC1C(=O)O. The molecule has 2 rings (SSSR count). The number of nitrogens with one attached hydrogen (secondary N) is 1. The van der Waals surface area contributed by atoms with Crippen LogP contribution in [0.2, 0.25) is 0 Å². The molecule has 156 valence electrons. The lowest BCUT2D eigenvalue weighted by Gasteiger charge is -2.30. The van der Waals surface area contributed by atoms with E-state index in [2.05, 4.69) is 24.4 Å². The predicted molar refractivity (Wildman–Crippen MR) is 111 cm³/mol. The van der Waals surface area contributed by atoms with Gasteiger partial charge in [0.2, 0.25) is 5.91 Å². The van der Waals surface area contributed by atoms with Gasteiger partial charge in [0, 0.05) is 12.6 Å². The summed E-state index contributed by atoms with van der Waals surface area (Å²) in [4.78, 5) is 26.2. The Balaban J connectivity index is 2.01. The Hall–Kier alpha value is -1.92. The highest BCUT2D eigenvalue weighted by Gasteiger charge is 2.37. The van der Waals surface area contributed by atoms with E-state index in [-0.39, 0.29) is 18.0 Å². The van der Waals surface area contributed by atoms with Gasteiger partial charge < -0.3 is 21.1 Å². The largest absolute Gasteiger partial charge is 0.480 e. The molecule has 3 atom stereocenters. The van der Waals surface area contributed by atoms with Crippen molar-refractivity contribution in [3.8, 4) is 0 Å². The van der Waals surface area contributed by atoms with Crippen molar-refractivity contribution in [1.82, 2.24) is 10.2 Å². The zero-order chi connectivity index (χ0) is 20.4. The van der Waals surface area contributed by atoms with Crippen LogP contribution in [-0.2, 0) is 16.0 Å². The summed E-state index contributed by atoms with van der Waals surface area (Å²) in [5, 5.41) is 13.0. The lowest BCUT2D eigenvalue weighted by Crippen LogP contribution is -2.52. The van der Waals surface area contributed by atoms with Crippen molar-refractivity contribution in [1.29, 1.82) is 0 Å². The lowest BCUT2D eigenvalue weighted by atomic mass is 10.0. The number of carboxylic acids is 1. The van der Waals surface area contributed by atoms with Crippen molar-refractivity contribution in [2.45, 2.75) is 76.4 Å². The van der Waals surface area contributed by atoms with E-state index in [1.54, 1.807) is 4.90 Å². The molecule has 0 saturated carbocycles. The summed E-state index contributed by atoms with van der Waals surface area (Å²) in [6.45, 7) is 3.26. The number of carboxylic acid groups (broad SMARTS) is 1. The standard InChI is InChI=1S/C22H35N3O3/c1-2-18(14-13-17-9-4-3-5-10-17)24-19(11-6-7-15-23)21(26)25-16-8-12-20(25)22(27)28/h3-5,9-10,18-20,24H,2,6-8,11-16,23H2,1H3,(H,27,28). The van der Waals surface area contributed by atoms with Crippen molar-refractivity contribution in [3.05, 3.63) is 35.9 Å². The van der Waals surface area contributed by atoms with Gasteiger partial charge in [0.05, 0.1) is 6.04 Å². The number of rotatable bonds is 12. The van der Waals surface area contributed by atoms with Gasteiger partial charge in [-0.2, -0.15) is 0 Å². The molecule has 1 heterocycles. The van der Waals surface area contributed by atoms with Crippen LogP contribution in [0.3, 0.4) is 0 Å². The molecular formula is C22H35N3O3. The summed E-state index contributed by atoms with van der Waals surface area (Å²) in [5.74, 6) is -0.970. The molecule has 1 aliphatic heterocycles. The summed E-state index contributed by atoms with van der Waals surface area (Å²) >= 11 is 0. The Morgan fingerprint density at radius 2 is 2.00 bits per heavy atom. The zero-order valence-corrected chi connectivity index (χ0v) is 17.0. The van der Waals surface area contributed by atoms with Gasteiger partial charge in [0.15, 0.2) is 0 Å². The molecule has 0 radical (unpaired) electrons. The Labute approximate surface area is 168 Å². The molecule has 1 amide bonds. The maximum absolute atomic E-state index is 13.1. The van der Waals surface area contributed by atoms with E-state index in [4.69, 9.17) is 5.73 Å². The zero-order valence-electron chi connectivity index (χ0n) is 17.0. The highest BCUT2D eigenvalue weighted by atomic mass is 16.4. The summed E-state index contributed by atoms with van der Waals surface area (Å²) in [6, 6.07) is 9.54. The van der Waals surface area contributed by atoms with Crippen molar-refractivity contribution in [2.75, 3.05) is 13.1 Å². The first-order chi connectivity index (χ1) is 13.6. The van der Waals surface area contributed by atoms with E-state index in [1.807, 2.05) is 18.2 Å². The summed E-state index contributed by atoms with van der Waals surface area (Å²) in [6.07, 6.45) is 6.55. The van der Waals surface area contributed by atoms with Crippen LogP contribution in [0.25, 0.3) is 0 Å². The van der Waals surface area contributed by atoms with Gasteiger partial charge in [-0.3, -0.25) is 4.79 Å². The predicted octanol–water partition coefficient (Wildman–Crippen LogP) is 2.56. The summed E-state index contributed by atoms with van der Waals surface area (Å²) < 4.78 is 0. The van der Waals surface area contributed by atoms with Crippen LogP contribution in [0.5, 0.6) is 0 Å². The van der Waals surface area contributed by atoms with E-state index in [9.17, 15) is 14.7 Å². The van der Waals surface area contributed by atoms with Gasteiger partial charge in [-0.05, 0) is 57.1 Å². The number of nitrogens with zero attached hydrogens (tertiary/aromatic N) is 1. The number of carbonyl (C=O) groups excluding carboxylic acids is 1. The second kappa shape index (κ2) is 11.8. The highest BCUT2D eigenvalue weighted by molar-refractivity contribution is 5.87. The first kappa shape index (κ1) is 22.4. The fraction of sp³-hybridized carbons (Fsp3) is 0.636. The van der Waals surface area contributed by atoms with Gasteiger partial charge in [-0.15, -0.1) is 0 Å².